The van der Waals surface area contributed by atoms with Crippen LogP contribution in [0, 0.1) is 0 Å². The predicted molar refractivity (Wildman–Crippen MR) is 64.8 cm³/mol. The molecule has 1 aliphatic heterocycles. The SMILES string of the molecule is C[C@@H]1CN(C(=O)c2ccccc2C(F)(F)F)CCN1. The molecular weight excluding hydrogens is 257 g/mol. The van der Waals surface area contributed by atoms with Gasteiger partial charge in [-0.25, -0.2) is 0 Å². The summed E-state index contributed by atoms with van der Waals surface area (Å²) in [6.45, 7) is 3.34. The van der Waals surface area contributed by atoms with Crippen LogP contribution >= 0.6 is 0 Å². The lowest BCUT2D eigenvalue weighted by atomic mass is 10.0. The lowest BCUT2D eigenvalue weighted by molar-refractivity contribution is -0.138. The summed E-state index contributed by atoms with van der Waals surface area (Å²) in [5, 5.41) is 3.15. The van der Waals surface area contributed by atoms with Gasteiger partial charge in [-0.2, -0.15) is 13.2 Å². The van der Waals surface area contributed by atoms with Crippen molar-refractivity contribution in [1.82, 2.24) is 10.2 Å². The van der Waals surface area contributed by atoms with Crippen molar-refractivity contribution in [3.8, 4) is 0 Å². The molecule has 19 heavy (non-hydrogen) atoms. The predicted octanol–water partition coefficient (Wildman–Crippen LogP) is 2.14. The van der Waals surface area contributed by atoms with Gasteiger partial charge in [0.2, 0.25) is 0 Å². The molecule has 1 heterocycles. The lowest BCUT2D eigenvalue weighted by Crippen LogP contribution is -2.51. The molecule has 1 atom stereocenters. The number of hydrogen-bond acceptors (Lipinski definition) is 2. The van der Waals surface area contributed by atoms with E-state index in [4.69, 9.17) is 0 Å². The highest BCUT2D eigenvalue weighted by atomic mass is 19.4. The molecule has 0 radical (unpaired) electrons. The normalized spacial score (nSPS) is 20.4. The molecule has 1 aromatic rings. The Bertz CT molecular complexity index is 473. The third-order valence-corrected chi connectivity index (χ3v) is 3.12. The molecule has 0 aromatic heterocycles. The summed E-state index contributed by atoms with van der Waals surface area (Å²) >= 11 is 0. The number of alkyl halides is 3. The number of carbonyl (C=O) groups excluding carboxylic acids is 1. The molecule has 1 amide bonds. The van der Waals surface area contributed by atoms with Crippen molar-refractivity contribution in [2.75, 3.05) is 19.6 Å². The van der Waals surface area contributed by atoms with Gasteiger partial charge in [0.15, 0.2) is 0 Å². The summed E-state index contributed by atoms with van der Waals surface area (Å²) in [5.74, 6) is -0.554. The number of carbonyl (C=O) groups is 1. The quantitative estimate of drug-likeness (QED) is 0.849. The summed E-state index contributed by atoms with van der Waals surface area (Å²) in [4.78, 5) is 13.7. The average Bonchev–Trinajstić information content (AvgIpc) is 2.37. The van der Waals surface area contributed by atoms with Crippen molar-refractivity contribution in [3.63, 3.8) is 0 Å². The number of piperazine rings is 1. The number of halogens is 3. The Kier molecular flexibility index (Phi) is 3.80. The first-order valence-corrected chi connectivity index (χ1v) is 6.08. The molecule has 104 valence electrons. The van der Waals surface area contributed by atoms with Crippen LogP contribution in [0.15, 0.2) is 24.3 Å². The van der Waals surface area contributed by atoms with E-state index in [1.165, 1.54) is 23.1 Å². The van der Waals surface area contributed by atoms with E-state index in [-0.39, 0.29) is 11.6 Å². The molecule has 0 unspecified atom stereocenters. The summed E-state index contributed by atoms with van der Waals surface area (Å²) in [6, 6.07) is 5.01. The van der Waals surface area contributed by atoms with E-state index in [0.717, 1.165) is 6.07 Å². The molecule has 1 N–H and O–H groups in total. The van der Waals surface area contributed by atoms with Crippen LogP contribution in [0.3, 0.4) is 0 Å². The molecule has 0 aliphatic carbocycles. The second-order valence-electron chi connectivity index (χ2n) is 4.65. The maximum atomic E-state index is 12.9. The molecular formula is C13H15F3N2O. The first-order valence-electron chi connectivity index (χ1n) is 6.08. The first kappa shape index (κ1) is 13.9. The van der Waals surface area contributed by atoms with Crippen LogP contribution in [-0.2, 0) is 6.18 Å². The van der Waals surface area contributed by atoms with Gasteiger partial charge in [-0.1, -0.05) is 12.1 Å². The first-order chi connectivity index (χ1) is 8.89. The van der Waals surface area contributed by atoms with Crippen molar-refractivity contribution in [1.29, 1.82) is 0 Å². The van der Waals surface area contributed by atoms with Gasteiger partial charge in [-0.05, 0) is 19.1 Å². The fourth-order valence-electron chi connectivity index (χ4n) is 2.20. The fraction of sp³-hybridized carbons (Fsp3) is 0.462. The second-order valence-corrected chi connectivity index (χ2v) is 4.65. The van der Waals surface area contributed by atoms with Gasteiger partial charge in [0.05, 0.1) is 11.1 Å². The molecule has 0 spiro atoms. The van der Waals surface area contributed by atoms with E-state index in [2.05, 4.69) is 5.32 Å². The highest BCUT2D eigenvalue weighted by Gasteiger charge is 2.36. The zero-order valence-electron chi connectivity index (χ0n) is 10.5. The summed E-state index contributed by atoms with van der Waals surface area (Å²) in [7, 11) is 0. The largest absolute Gasteiger partial charge is 0.417 e. The van der Waals surface area contributed by atoms with Crippen LogP contribution in [0.5, 0.6) is 0 Å². The molecule has 2 rings (SSSR count). The van der Waals surface area contributed by atoms with Gasteiger partial charge >= 0.3 is 6.18 Å². The van der Waals surface area contributed by atoms with Gasteiger partial charge in [0, 0.05) is 25.7 Å². The Morgan fingerprint density at radius 1 is 1.37 bits per heavy atom. The molecule has 0 bridgehead atoms. The topological polar surface area (TPSA) is 32.3 Å². The molecule has 0 saturated carbocycles. The maximum absolute atomic E-state index is 12.9. The Morgan fingerprint density at radius 2 is 2.05 bits per heavy atom. The Hall–Kier alpha value is -1.56. The Labute approximate surface area is 109 Å². The van der Waals surface area contributed by atoms with Crippen LogP contribution in [0.25, 0.3) is 0 Å². The van der Waals surface area contributed by atoms with E-state index >= 15 is 0 Å². The maximum Gasteiger partial charge on any atom is 0.417 e. The van der Waals surface area contributed by atoms with Gasteiger partial charge < -0.3 is 10.2 Å². The smallest absolute Gasteiger partial charge is 0.336 e. The Balaban J connectivity index is 2.29. The number of nitrogens with zero attached hydrogens (tertiary/aromatic N) is 1. The monoisotopic (exact) mass is 272 g/mol. The van der Waals surface area contributed by atoms with Crippen molar-refractivity contribution in [2.24, 2.45) is 0 Å². The van der Waals surface area contributed by atoms with Crippen molar-refractivity contribution >= 4 is 5.91 Å². The van der Waals surface area contributed by atoms with E-state index in [0.29, 0.717) is 19.6 Å². The van der Waals surface area contributed by atoms with Crippen LogP contribution in [-0.4, -0.2) is 36.5 Å². The number of amides is 1. The highest BCUT2D eigenvalue weighted by molar-refractivity contribution is 5.96. The van der Waals surface area contributed by atoms with Crippen LogP contribution in [0.1, 0.15) is 22.8 Å². The third kappa shape index (κ3) is 3.07. The lowest BCUT2D eigenvalue weighted by Gasteiger charge is -2.32. The molecule has 1 saturated heterocycles. The van der Waals surface area contributed by atoms with Gasteiger partial charge in [0.1, 0.15) is 0 Å². The van der Waals surface area contributed by atoms with Crippen molar-refractivity contribution in [2.45, 2.75) is 19.1 Å². The van der Waals surface area contributed by atoms with Crippen LogP contribution < -0.4 is 5.32 Å². The minimum atomic E-state index is -4.51. The molecule has 1 aromatic carbocycles. The fourth-order valence-corrected chi connectivity index (χ4v) is 2.20. The summed E-state index contributed by atoms with van der Waals surface area (Å²) in [5.41, 5.74) is -1.14. The zero-order valence-corrected chi connectivity index (χ0v) is 10.5. The average molecular weight is 272 g/mol. The molecule has 6 heteroatoms. The van der Waals surface area contributed by atoms with Gasteiger partial charge in [-0.3, -0.25) is 4.79 Å². The number of nitrogens with one attached hydrogen (secondary N) is 1. The van der Waals surface area contributed by atoms with Gasteiger partial charge in [-0.15, -0.1) is 0 Å². The van der Waals surface area contributed by atoms with Crippen molar-refractivity contribution < 1.29 is 18.0 Å². The molecule has 1 fully saturated rings. The second kappa shape index (κ2) is 5.21. The van der Waals surface area contributed by atoms with E-state index in [1.54, 1.807) is 0 Å². The standard InChI is InChI=1S/C13H15F3N2O/c1-9-8-18(7-6-17-9)12(19)10-4-2-3-5-11(10)13(14,15)16/h2-5,9,17H,6-8H2,1H3/t9-/m1/s1. The Morgan fingerprint density at radius 3 is 2.68 bits per heavy atom. The van der Waals surface area contributed by atoms with E-state index < -0.39 is 17.6 Å². The minimum Gasteiger partial charge on any atom is -0.336 e. The molecule has 1 aliphatic rings. The zero-order chi connectivity index (χ0) is 14.0. The molecule has 3 nitrogen and oxygen atoms in total. The summed E-state index contributed by atoms with van der Waals surface area (Å²) < 4.78 is 38.6. The van der Waals surface area contributed by atoms with E-state index in [9.17, 15) is 18.0 Å². The third-order valence-electron chi connectivity index (χ3n) is 3.12. The van der Waals surface area contributed by atoms with Crippen LogP contribution in [0.4, 0.5) is 13.2 Å². The minimum absolute atomic E-state index is 0.0933. The number of rotatable bonds is 1. The number of hydrogen-bond donors (Lipinski definition) is 1. The van der Waals surface area contributed by atoms with Crippen LogP contribution in [0.2, 0.25) is 0 Å². The number of benzene rings is 1. The van der Waals surface area contributed by atoms with Crippen molar-refractivity contribution in [3.05, 3.63) is 35.4 Å². The highest BCUT2D eigenvalue weighted by Crippen LogP contribution is 2.32. The summed E-state index contributed by atoms with van der Waals surface area (Å²) in [6.07, 6.45) is -4.51. The van der Waals surface area contributed by atoms with E-state index in [1.807, 2.05) is 6.92 Å². The van der Waals surface area contributed by atoms with Gasteiger partial charge in [0.25, 0.3) is 5.91 Å².